The summed E-state index contributed by atoms with van der Waals surface area (Å²) in [7, 11) is 0. The Hall–Kier alpha value is -3.26. The number of para-hydroxylation sites is 1. The third-order valence-electron chi connectivity index (χ3n) is 4.12. The monoisotopic (exact) mass is 379 g/mol. The van der Waals surface area contributed by atoms with Crippen LogP contribution in [0.15, 0.2) is 58.2 Å². The minimum atomic E-state index is -0.151. The molecular weight excluding hydrogens is 366 g/mol. The summed E-state index contributed by atoms with van der Waals surface area (Å²) in [4.78, 5) is 20.9. The fourth-order valence-corrected chi connectivity index (χ4v) is 3.64. The number of benzene rings is 2. The van der Waals surface area contributed by atoms with Crippen LogP contribution in [0.1, 0.15) is 0 Å². The second-order valence-corrected chi connectivity index (χ2v) is 6.82. The fourth-order valence-electron chi connectivity index (χ4n) is 2.91. The first-order chi connectivity index (χ1) is 13.3. The van der Waals surface area contributed by atoms with Gasteiger partial charge in [-0.05, 0) is 24.3 Å². The van der Waals surface area contributed by atoms with Crippen LogP contribution in [0.2, 0.25) is 0 Å². The molecule has 1 amide bonds. The van der Waals surface area contributed by atoms with Crippen LogP contribution < -0.4 is 14.8 Å². The zero-order valence-corrected chi connectivity index (χ0v) is 14.8. The first-order valence-electron chi connectivity index (χ1n) is 8.22. The Bertz CT molecular complexity index is 1170. The maximum absolute atomic E-state index is 12.3. The van der Waals surface area contributed by atoms with Gasteiger partial charge < -0.3 is 19.2 Å². The lowest BCUT2D eigenvalue weighted by Gasteiger charge is -2.06. The zero-order chi connectivity index (χ0) is 18.2. The standard InChI is InChI=1S/C19H13N3O4S/c23-16(22-11-5-6-14-15(7-11)25-10-24-14)8-27-19-18-17(20-9-21-19)12-3-1-2-4-13(12)26-18/h1-7,9H,8,10H2,(H,22,23). The molecule has 0 unspecified atom stereocenters. The molecule has 1 aliphatic rings. The number of amides is 1. The van der Waals surface area contributed by atoms with Crippen molar-refractivity contribution in [1.82, 2.24) is 9.97 Å². The van der Waals surface area contributed by atoms with E-state index < -0.39 is 0 Å². The number of rotatable bonds is 4. The van der Waals surface area contributed by atoms with Crippen molar-refractivity contribution in [2.45, 2.75) is 5.03 Å². The van der Waals surface area contributed by atoms with Crippen LogP contribution in [-0.4, -0.2) is 28.4 Å². The number of carbonyl (C=O) groups excluding carboxylic acids is 1. The molecule has 1 N–H and O–H groups in total. The van der Waals surface area contributed by atoms with E-state index in [-0.39, 0.29) is 18.5 Å². The van der Waals surface area contributed by atoms with Gasteiger partial charge in [0.05, 0.1) is 5.75 Å². The maximum atomic E-state index is 12.3. The molecule has 3 heterocycles. The molecule has 4 aromatic rings. The molecule has 8 heteroatoms. The summed E-state index contributed by atoms with van der Waals surface area (Å²) in [5, 5.41) is 4.42. The van der Waals surface area contributed by atoms with Crippen LogP contribution >= 0.6 is 11.8 Å². The number of nitrogens with one attached hydrogen (secondary N) is 1. The number of fused-ring (bicyclic) bond motifs is 4. The normalized spacial score (nSPS) is 12.6. The molecule has 0 radical (unpaired) electrons. The molecule has 0 aliphatic carbocycles. The molecule has 27 heavy (non-hydrogen) atoms. The van der Waals surface area contributed by atoms with E-state index >= 15 is 0 Å². The van der Waals surface area contributed by atoms with Gasteiger partial charge in [-0.1, -0.05) is 23.9 Å². The SMILES string of the molecule is O=C(CSc1ncnc2c1oc1ccccc12)Nc1ccc2c(c1)OCO2. The summed E-state index contributed by atoms with van der Waals surface area (Å²) in [5.74, 6) is 1.34. The largest absolute Gasteiger partial charge is 0.454 e. The van der Waals surface area contributed by atoms with Crippen LogP contribution in [0, 0.1) is 0 Å². The molecule has 1 aliphatic heterocycles. The van der Waals surface area contributed by atoms with Gasteiger partial charge in [0.1, 0.15) is 22.5 Å². The molecule has 0 fully saturated rings. The summed E-state index contributed by atoms with van der Waals surface area (Å²) in [6, 6.07) is 13.0. The highest BCUT2D eigenvalue weighted by molar-refractivity contribution is 8.00. The number of carbonyl (C=O) groups is 1. The van der Waals surface area contributed by atoms with Crippen molar-refractivity contribution in [3.8, 4) is 11.5 Å². The molecule has 2 aromatic heterocycles. The first kappa shape index (κ1) is 16.0. The predicted molar refractivity (Wildman–Crippen MR) is 101 cm³/mol. The quantitative estimate of drug-likeness (QED) is 0.426. The van der Waals surface area contributed by atoms with E-state index in [1.807, 2.05) is 24.3 Å². The van der Waals surface area contributed by atoms with Crippen molar-refractivity contribution in [2.75, 3.05) is 17.9 Å². The average molecular weight is 379 g/mol. The molecule has 0 saturated carbocycles. The third-order valence-corrected chi connectivity index (χ3v) is 5.09. The maximum Gasteiger partial charge on any atom is 0.234 e. The number of ether oxygens (including phenoxy) is 2. The van der Waals surface area contributed by atoms with E-state index in [0.717, 1.165) is 16.5 Å². The van der Waals surface area contributed by atoms with Crippen molar-refractivity contribution < 1.29 is 18.7 Å². The van der Waals surface area contributed by atoms with Crippen LogP contribution in [0.4, 0.5) is 5.69 Å². The van der Waals surface area contributed by atoms with E-state index in [2.05, 4.69) is 15.3 Å². The molecule has 0 atom stereocenters. The van der Waals surface area contributed by atoms with Crippen molar-refractivity contribution >= 4 is 45.4 Å². The highest BCUT2D eigenvalue weighted by atomic mass is 32.2. The van der Waals surface area contributed by atoms with Crippen LogP contribution in [0.3, 0.4) is 0 Å². The summed E-state index contributed by atoms with van der Waals surface area (Å²) in [6.45, 7) is 0.198. The van der Waals surface area contributed by atoms with Gasteiger partial charge in [-0.25, -0.2) is 9.97 Å². The van der Waals surface area contributed by atoms with Crippen LogP contribution in [0.5, 0.6) is 11.5 Å². The molecule has 0 bridgehead atoms. The third kappa shape index (κ3) is 2.93. The summed E-state index contributed by atoms with van der Waals surface area (Å²) >= 11 is 1.31. The Morgan fingerprint density at radius 3 is 2.96 bits per heavy atom. The van der Waals surface area contributed by atoms with Gasteiger partial charge in [-0.15, -0.1) is 0 Å². The Balaban J connectivity index is 1.33. The van der Waals surface area contributed by atoms with E-state index in [1.165, 1.54) is 18.1 Å². The predicted octanol–water partition coefficient (Wildman–Crippen LogP) is 3.84. The number of furan rings is 1. The highest BCUT2D eigenvalue weighted by Crippen LogP contribution is 2.35. The summed E-state index contributed by atoms with van der Waals surface area (Å²) in [6.07, 6.45) is 1.49. The van der Waals surface area contributed by atoms with Gasteiger partial charge in [0.2, 0.25) is 12.7 Å². The number of thioether (sulfide) groups is 1. The van der Waals surface area contributed by atoms with Gasteiger partial charge in [0.25, 0.3) is 0 Å². The van der Waals surface area contributed by atoms with Gasteiger partial charge in [0.15, 0.2) is 17.1 Å². The Morgan fingerprint density at radius 1 is 1.11 bits per heavy atom. The first-order valence-corrected chi connectivity index (χ1v) is 9.21. The van der Waals surface area contributed by atoms with Crippen molar-refractivity contribution in [3.05, 3.63) is 48.8 Å². The number of nitrogens with zero attached hydrogens (tertiary/aromatic N) is 2. The smallest absolute Gasteiger partial charge is 0.234 e. The van der Waals surface area contributed by atoms with Gasteiger partial charge in [-0.3, -0.25) is 4.79 Å². The lowest BCUT2D eigenvalue weighted by atomic mass is 10.2. The number of hydrogen-bond acceptors (Lipinski definition) is 7. The van der Waals surface area contributed by atoms with E-state index in [9.17, 15) is 4.79 Å². The molecule has 5 rings (SSSR count). The van der Waals surface area contributed by atoms with Gasteiger partial charge >= 0.3 is 0 Å². The molecule has 2 aromatic carbocycles. The van der Waals surface area contributed by atoms with Gasteiger partial charge in [0, 0.05) is 17.1 Å². The molecular formula is C19H13N3O4S. The minimum absolute atomic E-state index is 0.151. The average Bonchev–Trinajstić information content (AvgIpc) is 3.30. The topological polar surface area (TPSA) is 86.5 Å². The van der Waals surface area contributed by atoms with Crippen LogP contribution in [-0.2, 0) is 4.79 Å². The lowest BCUT2D eigenvalue weighted by Crippen LogP contribution is -2.14. The second-order valence-electron chi connectivity index (χ2n) is 5.86. The summed E-state index contributed by atoms with van der Waals surface area (Å²) < 4.78 is 16.5. The second kappa shape index (κ2) is 6.48. The van der Waals surface area contributed by atoms with E-state index in [0.29, 0.717) is 27.8 Å². The van der Waals surface area contributed by atoms with Crippen LogP contribution in [0.25, 0.3) is 22.1 Å². The van der Waals surface area contributed by atoms with Crippen molar-refractivity contribution in [2.24, 2.45) is 0 Å². The van der Waals surface area contributed by atoms with E-state index in [1.54, 1.807) is 18.2 Å². The fraction of sp³-hybridized carbons (Fsp3) is 0.105. The Labute approximate surface area is 157 Å². The number of anilines is 1. The van der Waals surface area contributed by atoms with Gasteiger partial charge in [-0.2, -0.15) is 0 Å². The van der Waals surface area contributed by atoms with Crippen molar-refractivity contribution in [3.63, 3.8) is 0 Å². The zero-order valence-electron chi connectivity index (χ0n) is 14.0. The Morgan fingerprint density at radius 2 is 2.00 bits per heavy atom. The van der Waals surface area contributed by atoms with E-state index in [4.69, 9.17) is 13.9 Å². The number of aromatic nitrogens is 2. The molecule has 7 nitrogen and oxygen atoms in total. The molecule has 134 valence electrons. The summed E-state index contributed by atoms with van der Waals surface area (Å²) in [5.41, 5.74) is 2.75. The number of hydrogen-bond donors (Lipinski definition) is 1. The van der Waals surface area contributed by atoms with Crippen molar-refractivity contribution in [1.29, 1.82) is 0 Å². The molecule has 0 spiro atoms. The highest BCUT2D eigenvalue weighted by Gasteiger charge is 2.16. The Kier molecular flexibility index (Phi) is 3.83. The minimum Gasteiger partial charge on any atom is -0.454 e. The lowest BCUT2D eigenvalue weighted by molar-refractivity contribution is -0.113. The molecule has 0 saturated heterocycles.